The molecule has 0 bridgehead atoms. The number of anilines is 1. The van der Waals surface area contributed by atoms with E-state index < -0.39 is 10.0 Å². The second-order valence-corrected chi connectivity index (χ2v) is 8.72. The van der Waals surface area contributed by atoms with Crippen molar-refractivity contribution < 1.29 is 17.9 Å². The highest BCUT2D eigenvalue weighted by atomic mass is 32.2. The van der Waals surface area contributed by atoms with Crippen LogP contribution >= 0.6 is 0 Å². The highest BCUT2D eigenvalue weighted by Crippen LogP contribution is 2.30. The zero-order valence-corrected chi connectivity index (χ0v) is 17.2. The Hall–Kier alpha value is -2.54. The third kappa shape index (κ3) is 4.60. The van der Waals surface area contributed by atoms with Gasteiger partial charge >= 0.3 is 0 Å². The van der Waals surface area contributed by atoms with E-state index in [2.05, 4.69) is 0 Å². The van der Waals surface area contributed by atoms with Crippen molar-refractivity contribution in [2.45, 2.75) is 18.7 Å². The fourth-order valence-electron chi connectivity index (χ4n) is 2.80. The van der Waals surface area contributed by atoms with Crippen molar-refractivity contribution >= 4 is 21.6 Å². The van der Waals surface area contributed by atoms with Crippen LogP contribution in [-0.4, -0.2) is 47.0 Å². The minimum atomic E-state index is -3.78. The first kappa shape index (κ1) is 20.8. The number of hydrogen-bond donors (Lipinski definition) is 0. The van der Waals surface area contributed by atoms with Crippen molar-refractivity contribution in [1.29, 1.82) is 0 Å². The molecule has 146 valence electrons. The molecule has 0 atom stereocenters. The van der Waals surface area contributed by atoms with Gasteiger partial charge in [0.2, 0.25) is 0 Å². The van der Waals surface area contributed by atoms with Gasteiger partial charge in [0.1, 0.15) is 5.75 Å². The summed E-state index contributed by atoms with van der Waals surface area (Å²) in [6, 6.07) is 12.9. The molecule has 0 fully saturated rings. The maximum atomic E-state index is 12.9. The highest BCUT2D eigenvalue weighted by molar-refractivity contribution is 7.92. The predicted molar refractivity (Wildman–Crippen MR) is 107 cm³/mol. The number of hydrogen-bond acceptors (Lipinski definition) is 4. The third-order valence-corrected chi connectivity index (χ3v) is 5.96. The van der Waals surface area contributed by atoms with E-state index in [1.54, 1.807) is 48.3 Å². The zero-order valence-electron chi connectivity index (χ0n) is 16.3. The molecule has 0 unspecified atom stereocenters. The molecule has 0 spiro atoms. The van der Waals surface area contributed by atoms with E-state index in [0.717, 1.165) is 0 Å². The van der Waals surface area contributed by atoms with Crippen LogP contribution < -0.4 is 9.04 Å². The van der Waals surface area contributed by atoms with E-state index in [1.807, 2.05) is 13.8 Å². The van der Waals surface area contributed by atoms with Gasteiger partial charge in [-0.15, -0.1) is 0 Å². The van der Waals surface area contributed by atoms with Crippen molar-refractivity contribution in [1.82, 2.24) is 4.90 Å². The molecule has 0 aliphatic carbocycles. The van der Waals surface area contributed by atoms with Crippen LogP contribution in [0.25, 0.3) is 0 Å². The fraction of sp³-hybridized carbons (Fsp3) is 0.350. The van der Waals surface area contributed by atoms with Gasteiger partial charge < -0.3 is 9.64 Å². The lowest BCUT2D eigenvalue weighted by molar-refractivity contribution is 0.0779. The molecule has 27 heavy (non-hydrogen) atoms. The van der Waals surface area contributed by atoms with Gasteiger partial charge in [-0.2, -0.15) is 0 Å². The fourth-order valence-corrected chi connectivity index (χ4v) is 4.00. The molecule has 2 aromatic rings. The van der Waals surface area contributed by atoms with Crippen LogP contribution in [-0.2, 0) is 10.0 Å². The molecule has 0 aliphatic rings. The van der Waals surface area contributed by atoms with Crippen LogP contribution in [0.5, 0.6) is 5.75 Å². The Bertz CT molecular complexity index is 892. The monoisotopic (exact) mass is 390 g/mol. The number of ether oxygens (including phenoxy) is 1. The highest BCUT2D eigenvalue weighted by Gasteiger charge is 2.24. The van der Waals surface area contributed by atoms with Gasteiger partial charge in [-0.05, 0) is 42.3 Å². The molecule has 0 saturated carbocycles. The van der Waals surface area contributed by atoms with E-state index >= 15 is 0 Å². The summed E-state index contributed by atoms with van der Waals surface area (Å²) in [7, 11) is 0.929. The number of carbonyl (C=O) groups is 1. The van der Waals surface area contributed by atoms with Crippen molar-refractivity contribution in [3.05, 3.63) is 54.1 Å². The molecule has 1 amide bonds. The summed E-state index contributed by atoms with van der Waals surface area (Å²) in [6.07, 6.45) is 0. The van der Waals surface area contributed by atoms with Gasteiger partial charge in [0.05, 0.1) is 17.7 Å². The molecule has 2 rings (SSSR count). The first-order valence-electron chi connectivity index (χ1n) is 8.66. The molecule has 0 aromatic heterocycles. The summed E-state index contributed by atoms with van der Waals surface area (Å²) in [5.74, 6) is 0.685. The predicted octanol–water partition coefficient (Wildman–Crippen LogP) is 3.25. The van der Waals surface area contributed by atoms with Crippen LogP contribution in [0.3, 0.4) is 0 Å². The maximum Gasteiger partial charge on any atom is 0.264 e. The molecule has 0 aliphatic heterocycles. The number of amides is 1. The summed E-state index contributed by atoms with van der Waals surface area (Å²) in [6.45, 7) is 4.70. The van der Waals surface area contributed by atoms with E-state index in [-0.39, 0.29) is 10.8 Å². The maximum absolute atomic E-state index is 12.9. The normalized spacial score (nSPS) is 11.3. The summed E-state index contributed by atoms with van der Waals surface area (Å²) in [5.41, 5.74) is 0.897. The molecular weight excluding hydrogens is 364 g/mol. The molecule has 0 N–H and O–H groups in total. The Labute approximate surface area is 161 Å². The minimum Gasteiger partial charge on any atom is -0.495 e. The lowest BCUT2D eigenvalue weighted by atomic mass is 10.1. The molecule has 0 heterocycles. The molecule has 6 nitrogen and oxygen atoms in total. The Kier molecular flexibility index (Phi) is 6.49. The molecule has 2 aromatic carbocycles. The number of nitrogens with zero attached hydrogens (tertiary/aromatic N) is 2. The zero-order chi connectivity index (χ0) is 20.2. The lowest BCUT2D eigenvalue weighted by Gasteiger charge is -2.22. The number of sulfonamides is 1. The quantitative estimate of drug-likeness (QED) is 0.728. The Morgan fingerprint density at radius 1 is 1.04 bits per heavy atom. The topological polar surface area (TPSA) is 66.9 Å². The van der Waals surface area contributed by atoms with Gasteiger partial charge in [-0.25, -0.2) is 8.42 Å². The van der Waals surface area contributed by atoms with Crippen molar-refractivity contribution in [3.63, 3.8) is 0 Å². The van der Waals surface area contributed by atoms with Crippen LogP contribution in [0.4, 0.5) is 5.69 Å². The Balaban J connectivity index is 2.28. The number of rotatable bonds is 7. The molecular formula is C20H26N2O4S. The standard InChI is InChI=1S/C20H26N2O4S/c1-15(2)14-21(3)20(23)16-10-12-17(13-11-16)27(24,25)22(4)18-8-6-7-9-19(18)26-5/h6-13,15H,14H2,1-5H3. The Morgan fingerprint density at radius 2 is 1.63 bits per heavy atom. The first-order chi connectivity index (χ1) is 12.7. The van der Waals surface area contributed by atoms with Gasteiger partial charge in [0.25, 0.3) is 15.9 Å². The van der Waals surface area contributed by atoms with Gasteiger partial charge in [0, 0.05) is 26.2 Å². The summed E-state index contributed by atoms with van der Waals surface area (Å²) >= 11 is 0. The van der Waals surface area contributed by atoms with Crippen molar-refractivity contribution in [2.75, 3.05) is 32.1 Å². The second kappa shape index (κ2) is 8.43. The summed E-state index contributed by atoms with van der Waals surface area (Å²) in [4.78, 5) is 14.2. The number of para-hydroxylation sites is 2. The van der Waals surface area contributed by atoms with E-state index in [9.17, 15) is 13.2 Å². The molecule has 0 saturated heterocycles. The van der Waals surface area contributed by atoms with Crippen LogP contribution in [0.15, 0.2) is 53.4 Å². The molecule has 0 radical (unpaired) electrons. The lowest BCUT2D eigenvalue weighted by Crippen LogP contribution is -2.30. The summed E-state index contributed by atoms with van der Waals surface area (Å²) in [5, 5.41) is 0. The van der Waals surface area contributed by atoms with Gasteiger partial charge in [-0.1, -0.05) is 26.0 Å². The minimum absolute atomic E-state index is 0.110. The average Bonchev–Trinajstić information content (AvgIpc) is 2.66. The van der Waals surface area contributed by atoms with E-state index in [4.69, 9.17) is 4.74 Å². The third-order valence-electron chi connectivity index (χ3n) is 4.17. The van der Waals surface area contributed by atoms with Crippen molar-refractivity contribution in [3.8, 4) is 5.75 Å². The van der Waals surface area contributed by atoms with Crippen molar-refractivity contribution in [2.24, 2.45) is 5.92 Å². The van der Waals surface area contributed by atoms with Gasteiger partial charge in [-0.3, -0.25) is 9.10 Å². The number of carbonyl (C=O) groups excluding carboxylic acids is 1. The van der Waals surface area contributed by atoms with Crippen LogP contribution in [0, 0.1) is 5.92 Å². The largest absolute Gasteiger partial charge is 0.495 e. The Morgan fingerprint density at radius 3 is 2.19 bits per heavy atom. The second-order valence-electron chi connectivity index (χ2n) is 6.75. The van der Waals surface area contributed by atoms with Gasteiger partial charge in [0.15, 0.2) is 0 Å². The van der Waals surface area contributed by atoms with Crippen LogP contribution in [0.1, 0.15) is 24.2 Å². The van der Waals surface area contributed by atoms with E-state index in [0.29, 0.717) is 29.5 Å². The average molecular weight is 391 g/mol. The number of methoxy groups -OCH3 is 1. The van der Waals surface area contributed by atoms with E-state index in [1.165, 1.54) is 30.6 Å². The SMILES string of the molecule is COc1ccccc1N(C)S(=O)(=O)c1ccc(C(=O)N(C)CC(C)C)cc1. The first-order valence-corrected chi connectivity index (χ1v) is 10.1. The summed E-state index contributed by atoms with van der Waals surface area (Å²) < 4.78 is 32.3. The molecule has 7 heteroatoms. The number of benzene rings is 2. The smallest absolute Gasteiger partial charge is 0.264 e. The van der Waals surface area contributed by atoms with Crippen LogP contribution in [0.2, 0.25) is 0 Å².